The molecule has 0 aliphatic carbocycles. The second kappa shape index (κ2) is 7.17. The third kappa shape index (κ3) is 3.08. The topological polar surface area (TPSA) is 55.1 Å². The molecule has 0 saturated carbocycles. The Hall–Kier alpha value is -3.05. The molecule has 5 heterocycles. The van der Waals surface area contributed by atoms with E-state index in [1.54, 1.807) is 6.20 Å². The van der Waals surface area contributed by atoms with E-state index >= 15 is 0 Å². The van der Waals surface area contributed by atoms with Gasteiger partial charge in [0.2, 0.25) is 0 Å². The van der Waals surface area contributed by atoms with Crippen LogP contribution in [0.3, 0.4) is 0 Å². The molecule has 1 unspecified atom stereocenters. The molecule has 28 heavy (non-hydrogen) atoms. The number of pyridine rings is 3. The Kier molecular flexibility index (Phi) is 4.37. The van der Waals surface area contributed by atoms with Gasteiger partial charge < -0.3 is 5.32 Å². The van der Waals surface area contributed by atoms with Crippen LogP contribution < -0.4 is 5.32 Å². The van der Waals surface area contributed by atoms with Gasteiger partial charge in [0, 0.05) is 30.4 Å². The second-order valence-corrected chi connectivity index (χ2v) is 7.45. The summed E-state index contributed by atoms with van der Waals surface area (Å²) in [6.45, 7) is 2.14. The molecule has 1 N–H and O–H groups in total. The van der Waals surface area contributed by atoms with Crippen LogP contribution in [0.2, 0.25) is 0 Å². The van der Waals surface area contributed by atoms with Crippen LogP contribution in [0.4, 0.5) is 0 Å². The van der Waals surface area contributed by atoms with Gasteiger partial charge in [-0.25, -0.2) is 4.98 Å². The Morgan fingerprint density at radius 2 is 1.89 bits per heavy atom. The van der Waals surface area contributed by atoms with Gasteiger partial charge in [0.25, 0.3) is 0 Å². The third-order valence-electron chi connectivity index (χ3n) is 5.59. The Bertz CT molecular complexity index is 1100. The van der Waals surface area contributed by atoms with E-state index in [0.29, 0.717) is 0 Å². The summed E-state index contributed by atoms with van der Waals surface area (Å²) in [5.41, 5.74) is 6.67. The first-order chi connectivity index (χ1) is 13.8. The first-order valence-corrected chi connectivity index (χ1v) is 9.85. The van der Waals surface area contributed by atoms with Gasteiger partial charge >= 0.3 is 0 Å². The molecule has 0 amide bonds. The van der Waals surface area contributed by atoms with E-state index in [9.17, 15) is 0 Å². The van der Waals surface area contributed by atoms with Gasteiger partial charge in [0.1, 0.15) is 5.65 Å². The predicted molar refractivity (Wildman–Crippen MR) is 110 cm³/mol. The summed E-state index contributed by atoms with van der Waals surface area (Å²) >= 11 is 0. The van der Waals surface area contributed by atoms with Gasteiger partial charge in [-0.1, -0.05) is 12.1 Å². The lowest BCUT2D eigenvalue weighted by molar-refractivity contribution is 0.321. The van der Waals surface area contributed by atoms with E-state index in [4.69, 9.17) is 4.98 Å². The van der Waals surface area contributed by atoms with Crippen molar-refractivity contribution in [2.75, 3.05) is 0 Å². The second-order valence-electron chi connectivity index (χ2n) is 7.45. The molecule has 140 valence electrons. The third-order valence-corrected chi connectivity index (χ3v) is 5.59. The molecule has 5 nitrogen and oxygen atoms in total. The highest BCUT2D eigenvalue weighted by atomic mass is 15.1. The lowest BCUT2D eigenvalue weighted by Crippen LogP contribution is -2.32. The number of hydrogen-bond donors (Lipinski definition) is 1. The summed E-state index contributed by atoms with van der Waals surface area (Å²) in [4.78, 5) is 13.8. The maximum absolute atomic E-state index is 4.93. The van der Waals surface area contributed by atoms with Gasteiger partial charge in [-0.2, -0.15) is 0 Å². The zero-order valence-corrected chi connectivity index (χ0v) is 15.9. The number of imidazole rings is 1. The van der Waals surface area contributed by atoms with E-state index in [1.165, 1.54) is 12.0 Å². The zero-order chi connectivity index (χ0) is 18.9. The van der Waals surface area contributed by atoms with E-state index in [2.05, 4.69) is 63.1 Å². The van der Waals surface area contributed by atoms with Crippen molar-refractivity contribution < 1.29 is 0 Å². The average molecular weight is 369 g/mol. The number of rotatable bonds is 3. The number of aromatic nitrogens is 4. The molecular weight excluding hydrogens is 346 g/mol. The standard InChI is InChI=1S/C23H23N5/c1-16-6-4-13-25-23(16)19-9-2-8-18(26-19)20-15-28-21(10-3-11-22(28)27-20)17-7-5-12-24-14-17/h3-7,10-15,18-19,26H,2,8-9H2,1H3/t18-,19?/m1/s1. The molecule has 0 bridgehead atoms. The van der Waals surface area contributed by atoms with Crippen LogP contribution in [-0.2, 0) is 0 Å². The molecule has 0 radical (unpaired) electrons. The Balaban J connectivity index is 1.49. The van der Waals surface area contributed by atoms with Crippen LogP contribution in [0, 0.1) is 6.92 Å². The highest BCUT2D eigenvalue weighted by Crippen LogP contribution is 2.33. The highest BCUT2D eigenvalue weighted by molar-refractivity contribution is 5.63. The minimum atomic E-state index is 0.238. The molecule has 2 atom stereocenters. The van der Waals surface area contributed by atoms with Crippen LogP contribution in [0.15, 0.2) is 67.3 Å². The quantitative estimate of drug-likeness (QED) is 0.571. The van der Waals surface area contributed by atoms with E-state index in [0.717, 1.165) is 41.1 Å². The molecule has 1 saturated heterocycles. The van der Waals surface area contributed by atoms with Gasteiger partial charge in [0.15, 0.2) is 0 Å². The number of hydrogen-bond acceptors (Lipinski definition) is 4. The van der Waals surface area contributed by atoms with Crippen molar-refractivity contribution >= 4 is 5.65 Å². The SMILES string of the molecule is Cc1cccnc1C1CCC[C@H](c2cn3c(-c4cccnc4)cccc3n2)N1. The summed E-state index contributed by atoms with van der Waals surface area (Å²) in [5, 5.41) is 3.80. The Labute approximate surface area is 164 Å². The summed E-state index contributed by atoms with van der Waals surface area (Å²) in [6, 6.07) is 14.9. The fourth-order valence-corrected chi connectivity index (χ4v) is 4.19. The van der Waals surface area contributed by atoms with Crippen molar-refractivity contribution in [2.45, 2.75) is 38.3 Å². The monoisotopic (exact) mass is 369 g/mol. The maximum Gasteiger partial charge on any atom is 0.137 e. The normalized spacial score (nSPS) is 19.8. The maximum atomic E-state index is 4.93. The van der Waals surface area contributed by atoms with Gasteiger partial charge in [-0.15, -0.1) is 0 Å². The van der Waals surface area contributed by atoms with Gasteiger partial charge in [-0.05, 0) is 62.1 Å². The minimum absolute atomic E-state index is 0.238. The summed E-state index contributed by atoms with van der Waals surface area (Å²) in [7, 11) is 0. The van der Waals surface area contributed by atoms with Crippen LogP contribution in [-0.4, -0.2) is 19.4 Å². The number of piperidine rings is 1. The molecule has 1 fully saturated rings. The summed E-state index contributed by atoms with van der Waals surface area (Å²) in [6.07, 6.45) is 11.1. The molecule has 0 spiro atoms. The molecule has 5 heteroatoms. The van der Waals surface area contributed by atoms with Crippen molar-refractivity contribution in [3.05, 3.63) is 84.2 Å². The Morgan fingerprint density at radius 3 is 2.75 bits per heavy atom. The van der Waals surface area contributed by atoms with Crippen LogP contribution in [0.1, 0.15) is 48.3 Å². The fourth-order valence-electron chi connectivity index (χ4n) is 4.19. The predicted octanol–water partition coefficient (Wildman–Crippen LogP) is 4.66. The number of fused-ring (bicyclic) bond motifs is 1. The molecule has 0 aromatic carbocycles. The number of nitrogens with zero attached hydrogens (tertiary/aromatic N) is 4. The van der Waals surface area contributed by atoms with E-state index in [1.807, 2.05) is 24.5 Å². The zero-order valence-electron chi connectivity index (χ0n) is 15.9. The molecule has 4 aromatic rings. The molecule has 4 aromatic heterocycles. The van der Waals surface area contributed by atoms with Crippen LogP contribution in [0.5, 0.6) is 0 Å². The molecule has 5 rings (SSSR count). The molecular formula is C23H23N5. The largest absolute Gasteiger partial charge is 0.300 e. The lowest BCUT2D eigenvalue weighted by Gasteiger charge is -2.30. The van der Waals surface area contributed by atoms with Crippen molar-refractivity contribution in [1.29, 1.82) is 0 Å². The van der Waals surface area contributed by atoms with Crippen molar-refractivity contribution in [3.63, 3.8) is 0 Å². The smallest absolute Gasteiger partial charge is 0.137 e. The molecule has 1 aliphatic heterocycles. The van der Waals surface area contributed by atoms with Crippen molar-refractivity contribution in [3.8, 4) is 11.3 Å². The minimum Gasteiger partial charge on any atom is -0.300 e. The van der Waals surface area contributed by atoms with Crippen LogP contribution in [0.25, 0.3) is 16.9 Å². The average Bonchev–Trinajstić information content (AvgIpc) is 3.19. The summed E-state index contributed by atoms with van der Waals surface area (Å²) in [5.74, 6) is 0. The first-order valence-electron chi connectivity index (χ1n) is 9.85. The van der Waals surface area contributed by atoms with Gasteiger partial charge in [0.05, 0.1) is 29.2 Å². The van der Waals surface area contributed by atoms with Crippen molar-refractivity contribution in [2.24, 2.45) is 0 Å². The Morgan fingerprint density at radius 1 is 1.00 bits per heavy atom. The van der Waals surface area contributed by atoms with Crippen molar-refractivity contribution in [1.82, 2.24) is 24.7 Å². The van der Waals surface area contributed by atoms with E-state index in [-0.39, 0.29) is 12.1 Å². The highest BCUT2D eigenvalue weighted by Gasteiger charge is 2.27. The first kappa shape index (κ1) is 17.1. The number of aryl methyl sites for hydroxylation is 1. The summed E-state index contributed by atoms with van der Waals surface area (Å²) < 4.78 is 2.17. The van der Waals surface area contributed by atoms with Crippen LogP contribution >= 0.6 is 0 Å². The number of nitrogens with one attached hydrogen (secondary N) is 1. The fraction of sp³-hybridized carbons (Fsp3) is 0.261. The molecule has 1 aliphatic rings. The lowest BCUT2D eigenvalue weighted by atomic mass is 9.93. The van der Waals surface area contributed by atoms with E-state index < -0.39 is 0 Å². The van der Waals surface area contributed by atoms with Gasteiger partial charge in [-0.3, -0.25) is 14.4 Å².